The fraction of sp³-hybridized carbons (Fsp3) is 0.562. The number of nitrogens with zero attached hydrogens (tertiary/aromatic N) is 1. The van der Waals surface area contributed by atoms with Crippen LogP contribution < -0.4 is 10.1 Å². The van der Waals surface area contributed by atoms with E-state index in [0.717, 1.165) is 37.2 Å². The summed E-state index contributed by atoms with van der Waals surface area (Å²) in [4.78, 5) is 13.4. The van der Waals surface area contributed by atoms with E-state index in [0.29, 0.717) is 0 Å². The molecule has 1 saturated heterocycles. The van der Waals surface area contributed by atoms with Crippen LogP contribution in [0.4, 0.5) is 13.2 Å². The molecule has 23 heavy (non-hydrogen) atoms. The highest BCUT2D eigenvalue weighted by Crippen LogP contribution is 2.20. The van der Waals surface area contributed by atoms with Gasteiger partial charge in [-0.05, 0) is 37.6 Å². The first-order valence-corrected chi connectivity index (χ1v) is 7.59. The van der Waals surface area contributed by atoms with Crippen LogP contribution in [-0.2, 0) is 11.3 Å². The molecule has 1 aromatic rings. The molecular weight excluding hydrogens is 309 g/mol. The van der Waals surface area contributed by atoms with Crippen molar-refractivity contribution in [3.63, 3.8) is 0 Å². The Labute approximate surface area is 133 Å². The predicted octanol–water partition coefficient (Wildman–Crippen LogP) is 2.73. The molecule has 1 fully saturated rings. The van der Waals surface area contributed by atoms with Gasteiger partial charge in [0, 0.05) is 19.6 Å². The second-order valence-corrected chi connectivity index (χ2v) is 5.83. The van der Waals surface area contributed by atoms with Gasteiger partial charge in [0.1, 0.15) is 18.3 Å². The van der Waals surface area contributed by atoms with Crippen LogP contribution in [0.1, 0.15) is 24.8 Å². The number of likely N-dealkylation sites (tertiary alicyclic amines) is 1. The third-order valence-corrected chi connectivity index (χ3v) is 3.74. The number of rotatable bonds is 5. The lowest BCUT2D eigenvalue weighted by atomic mass is 10.1. The Balaban J connectivity index is 1.77. The first-order valence-electron chi connectivity index (χ1n) is 7.59. The Morgan fingerprint density at radius 1 is 1.26 bits per heavy atom. The smallest absolute Gasteiger partial charge is 0.397 e. The van der Waals surface area contributed by atoms with Crippen molar-refractivity contribution >= 4 is 5.91 Å². The lowest BCUT2D eigenvalue weighted by Crippen LogP contribution is -2.35. The van der Waals surface area contributed by atoms with Gasteiger partial charge in [0.2, 0.25) is 5.91 Å². The first-order chi connectivity index (χ1) is 10.8. The number of hydrogen-bond acceptors (Lipinski definition) is 3. The normalized spacial score (nSPS) is 17.0. The van der Waals surface area contributed by atoms with Crippen LogP contribution in [0.15, 0.2) is 24.3 Å². The monoisotopic (exact) mass is 330 g/mol. The molecule has 0 saturated carbocycles. The SMILES string of the molecule is CN1CCC(Oc2ccc(CNC(=O)CC(F)(F)F)cc2)CC1. The van der Waals surface area contributed by atoms with Gasteiger partial charge in [-0.1, -0.05) is 12.1 Å². The number of carbonyl (C=O) groups excluding carboxylic acids is 1. The van der Waals surface area contributed by atoms with E-state index in [1.165, 1.54) is 0 Å². The van der Waals surface area contributed by atoms with E-state index in [9.17, 15) is 18.0 Å². The molecule has 0 spiro atoms. The van der Waals surface area contributed by atoms with Gasteiger partial charge in [0.25, 0.3) is 0 Å². The second-order valence-electron chi connectivity index (χ2n) is 5.83. The zero-order valence-corrected chi connectivity index (χ0v) is 13.0. The molecule has 1 amide bonds. The number of ether oxygens (including phenoxy) is 1. The molecule has 0 aromatic heterocycles. The number of carbonyl (C=O) groups is 1. The number of hydrogen-bond donors (Lipinski definition) is 1. The fourth-order valence-electron chi connectivity index (χ4n) is 2.43. The molecule has 1 N–H and O–H groups in total. The van der Waals surface area contributed by atoms with Crippen molar-refractivity contribution in [3.8, 4) is 5.75 Å². The van der Waals surface area contributed by atoms with E-state index >= 15 is 0 Å². The summed E-state index contributed by atoms with van der Waals surface area (Å²) < 4.78 is 42.0. The molecule has 0 unspecified atom stereocenters. The van der Waals surface area contributed by atoms with E-state index in [4.69, 9.17) is 4.74 Å². The minimum Gasteiger partial charge on any atom is -0.490 e. The number of benzene rings is 1. The first kappa shape index (κ1) is 17.6. The largest absolute Gasteiger partial charge is 0.490 e. The molecule has 2 rings (SSSR count). The molecule has 128 valence electrons. The highest BCUT2D eigenvalue weighted by Gasteiger charge is 2.30. The summed E-state index contributed by atoms with van der Waals surface area (Å²) in [5.74, 6) is -0.283. The van der Waals surface area contributed by atoms with Crippen molar-refractivity contribution in [3.05, 3.63) is 29.8 Å². The number of amides is 1. The predicted molar refractivity (Wildman–Crippen MR) is 80.1 cm³/mol. The molecular formula is C16H21F3N2O2. The molecule has 0 aliphatic carbocycles. The highest BCUT2D eigenvalue weighted by atomic mass is 19.4. The molecule has 0 atom stereocenters. The van der Waals surface area contributed by atoms with Crippen molar-refractivity contribution in [2.24, 2.45) is 0 Å². The third-order valence-electron chi connectivity index (χ3n) is 3.74. The van der Waals surface area contributed by atoms with E-state index in [2.05, 4.69) is 17.3 Å². The Morgan fingerprint density at radius 2 is 1.87 bits per heavy atom. The Hall–Kier alpha value is -1.76. The van der Waals surface area contributed by atoms with Gasteiger partial charge in [-0.2, -0.15) is 13.2 Å². The average Bonchev–Trinajstić information content (AvgIpc) is 2.47. The molecule has 1 aromatic carbocycles. The standard InChI is InChI=1S/C16H21F3N2O2/c1-21-8-6-14(7-9-21)23-13-4-2-12(3-5-13)11-20-15(22)10-16(17,18)19/h2-5,14H,6-11H2,1H3,(H,20,22). The van der Waals surface area contributed by atoms with E-state index in [-0.39, 0.29) is 12.6 Å². The molecule has 1 aliphatic rings. The van der Waals surface area contributed by atoms with Crippen LogP contribution in [0.2, 0.25) is 0 Å². The van der Waals surface area contributed by atoms with Crippen molar-refractivity contribution in [2.75, 3.05) is 20.1 Å². The minimum absolute atomic E-state index is 0.0728. The summed E-state index contributed by atoms with van der Waals surface area (Å²) in [7, 11) is 2.08. The lowest BCUT2D eigenvalue weighted by molar-refractivity contribution is -0.153. The summed E-state index contributed by atoms with van der Waals surface area (Å²) in [5, 5.41) is 2.26. The maximum atomic E-state index is 12.1. The van der Waals surface area contributed by atoms with E-state index in [1.54, 1.807) is 24.3 Å². The van der Waals surface area contributed by atoms with E-state index in [1.807, 2.05) is 0 Å². The third kappa shape index (κ3) is 6.48. The maximum Gasteiger partial charge on any atom is 0.397 e. The van der Waals surface area contributed by atoms with Crippen molar-refractivity contribution in [1.29, 1.82) is 0 Å². The number of piperidine rings is 1. The van der Waals surface area contributed by atoms with Gasteiger partial charge in [-0.15, -0.1) is 0 Å². The second kappa shape index (κ2) is 7.68. The van der Waals surface area contributed by atoms with Crippen LogP contribution >= 0.6 is 0 Å². The molecule has 0 bridgehead atoms. The topological polar surface area (TPSA) is 41.6 Å². The summed E-state index contributed by atoms with van der Waals surface area (Å²) >= 11 is 0. The van der Waals surface area contributed by atoms with Crippen molar-refractivity contribution < 1.29 is 22.7 Å². The van der Waals surface area contributed by atoms with Gasteiger partial charge in [0.15, 0.2) is 0 Å². The van der Waals surface area contributed by atoms with Gasteiger partial charge >= 0.3 is 6.18 Å². The van der Waals surface area contributed by atoms with Crippen LogP contribution in [0.5, 0.6) is 5.75 Å². The van der Waals surface area contributed by atoms with Crippen LogP contribution in [0, 0.1) is 0 Å². The fourth-order valence-corrected chi connectivity index (χ4v) is 2.43. The molecule has 4 nitrogen and oxygen atoms in total. The van der Waals surface area contributed by atoms with Gasteiger partial charge in [-0.3, -0.25) is 4.79 Å². The van der Waals surface area contributed by atoms with Crippen LogP contribution in [0.25, 0.3) is 0 Å². The Morgan fingerprint density at radius 3 is 2.43 bits per heavy atom. The zero-order chi connectivity index (χ0) is 16.9. The molecule has 7 heteroatoms. The number of halogens is 3. The van der Waals surface area contributed by atoms with Crippen molar-refractivity contribution in [1.82, 2.24) is 10.2 Å². The summed E-state index contributed by atoms with van der Waals surface area (Å²) in [5.41, 5.74) is 0.733. The quantitative estimate of drug-likeness (QED) is 0.903. The molecule has 1 aliphatic heterocycles. The Bertz CT molecular complexity index is 509. The zero-order valence-electron chi connectivity index (χ0n) is 13.0. The minimum atomic E-state index is -4.48. The Kier molecular flexibility index (Phi) is 5.87. The van der Waals surface area contributed by atoms with Crippen LogP contribution in [0.3, 0.4) is 0 Å². The van der Waals surface area contributed by atoms with Gasteiger partial charge in [-0.25, -0.2) is 0 Å². The number of nitrogens with one attached hydrogen (secondary N) is 1. The average molecular weight is 330 g/mol. The molecule has 1 heterocycles. The summed E-state index contributed by atoms with van der Waals surface area (Å²) in [6.45, 7) is 2.09. The van der Waals surface area contributed by atoms with Crippen molar-refractivity contribution in [2.45, 2.75) is 38.1 Å². The maximum absolute atomic E-state index is 12.1. The molecule has 0 radical (unpaired) electrons. The van der Waals surface area contributed by atoms with Gasteiger partial charge < -0.3 is 15.0 Å². The van der Waals surface area contributed by atoms with Gasteiger partial charge in [0.05, 0.1) is 0 Å². The highest BCUT2D eigenvalue weighted by molar-refractivity contribution is 5.76. The van der Waals surface area contributed by atoms with E-state index < -0.39 is 18.5 Å². The lowest BCUT2D eigenvalue weighted by Gasteiger charge is -2.29. The summed E-state index contributed by atoms with van der Waals surface area (Å²) in [6.07, 6.45) is -3.78. The summed E-state index contributed by atoms with van der Waals surface area (Å²) in [6, 6.07) is 7.06. The van der Waals surface area contributed by atoms with Crippen LogP contribution in [-0.4, -0.2) is 43.2 Å². The number of alkyl halides is 3.